The molecule has 4 rings (SSSR count). The van der Waals surface area contributed by atoms with Gasteiger partial charge in [-0.3, -0.25) is 10.1 Å². The average molecular weight is 439 g/mol. The number of aryl methyl sites for hydroxylation is 2. The van der Waals surface area contributed by atoms with E-state index in [0.29, 0.717) is 21.7 Å². The van der Waals surface area contributed by atoms with Gasteiger partial charge in [0.1, 0.15) is 11.0 Å². The van der Waals surface area contributed by atoms with Crippen LogP contribution in [0.4, 0.5) is 5.82 Å². The van der Waals surface area contributed by atoms with Crippen molar-refractivity contribution in [2.75, 3.05) is 5.43 Å². The number of rotatable bonds is 6. The quantitative estimate of drug-likeness (QED) is 0.308. The van der Waals surface area contributed by atoms with Crippen LogP contribution in [0.15, 0.2) is 53.6 Å². The second-order valence-electron chi connectivity index (χ2n) is 6.84. The molecule has 0 spiro atoms. The lowest BCUT2D eigenvalue weighted by Gasteiger charge is -2.07. The first-order valence-electron chi connectivity index (χ1n) is 9.59. The molecule has 0 aliphatic rings. The summed E-state index contributed by atoms with van der Waals surface area (Å²) in [6.45, 7) is 2.12. The number of fused-ring (bicyclic) bond motifs is 1. The minimum Gasteiger partial charge on any atom is -0.262 e. The SMILES string of the molecule is CCCc1nn(C)c2c(N/N=C/c3ccc(Cl)cc3)nc(-c3ccc(Cl)cc3)nc12. The monoisotopic (exact) mass is 438 g/mol. The number of halogens is 2. The third kappa shape index (κ3) is 4.30. The summed E-state index contributed by atoms with van der Waals surface area (Å²) in [6, 6.07) is 14.9. The van der Waals surface area contributed by atoms with Crippen LogP contribution in [0.2, 0.25) is 10.0 Å². The van der Waals surface area contributed by atoms with Crippen molar-refractivity contribution in [2.24, 2.45) is 12.1 Å². The summed E-state index contributed by atoms with van der Waals surface area (Å²) in [5.41, 5.74) is 7.44. The van der Waals surface area contributed by atoms with Crippen LogP contribution in [0.3, 0.4) is 0 Å². The van der Waals surface area contributed by atoms with Gasteiger partial charge in [0.2, 0.25) is 0 Å². The first-order valence-corrected chi connectivity index (χ1v) is 10.3. The molecule has 0 fully saturated rings. The smallest absolute Gasteiger partial charge is 0.176 e. The van der Waals surface area contributed by atoms with E-state index >= 15 is 0 Å². The summed E-state index contributed by atoms with van der Waals surface area (Å²) in [5.74, 6) is 1.18. The molecule has 0 aliphatic heterocycles. The zero-order valence-corrected chi connectivity index (χ0v) is 18.1. The number of aromatic nitrogens is 4. The minimum absolute atomic E-state index is 0.590. The molecule has 2 heterocycles. The van der Waals surface area contributed by atoms with Crippen molar-refractivity contribution >= 4 is 46.3 Å². The lowest BCUT2D eigenvalue weighted by molar-refractivity contribution is 0.753. The summed E-state index contributed by atoms with van der Waals surface area (Å²) in [4.78, 5) is 9.53. The van der Waals surface area contributed by atoms with Gasteiger partial charge in [0.25, 0.3) is 0 Å². The van der Waals surface area contributed by atoms with Crippen molar-refractivity contribution in [3.63, 3.8) is 0 Å². The van der Waals surface area contributed by atoms with Gasteiger partial charge >= 0.3 is 0 Å². The summed E-state index contributed by atoms with van der Waals surface area (Å²) < 4.78 is 1.80. The molecule has 0 aliphatic carbocycles. The van der Waals surface area contributed by atoms with E-state index in [0.717, 1.165) is 40.7 Å². The van der Waals surface area contributed by atoms with E-state index in [2.05, 4.69) is 22.5 Å². The highest BCUT2D eigenvalue weighted by Crippen LogP contribution is 2.28. The fraction of sp³-hybridized carbons (Fsp3) is 0.182. The third-order valence-electron chi connectivity index (χ3n) is 4.59. The number of anilines is 1. The van der Waals surface area contributed by atoms with Gasteiger partial charge in [0, 0.05) is 22.7 Å². The summed E-state index contributed by atoms with van der Waals surface area (Å²) in [6.07, 6.45) is 3.53. The van der Waals surface area contributed by atoms with E-state index < -0.39 is 0 Å². The molecule has 8 heteroatoms. The van der Waals surface area contributed by atoms with Crippen molar-refractivity contribution < 1.29 is 0 Å². The number of hydrogen-bond acceptors (Lipinski definition) is 5. The van der Waals surface area contributed by atoms with E-state index in [9.17, 15) is 0 Å². The number of nitrogens with zero attached hydrogens (tertiary/aromatic N) is 5. The molecular formula is C22H20Cl2N6. The van der Waals surface area contributed by atoms with Gasteiger partial charge in [-0.25, -0.2) is 9.97 Å². The van der Waals surface area contributed by atoms with Crippen molar-refractivity contribution in [1.82, 2.24) is 19.7 Å². The zero-order valence-electron chi connectivity index (χ0n) is 16.6. The highest BCUT2D eigenvalue weighted by molar-refractivity contribution is 6.30. The summed E-state index contributed by atoms with van der Waals surface area (Å²) in [7, 11) is 1.89. The van der Waals surface area contributed by atoms with Crippen molar-refractivity contribution in [3.8, 4) is 11.4 Å². The maximum atomic E-state index is 6.04. The number of nitrogens with one attached hydrogen (secondary N) is 1. The minimum atomic E-state index is 0.590. The number of benzene rings is 2. The number of hydrogen-bond donors (Lipinski definition) is 1. The lowest BCUT2D eigenvalue weighted by Crippen LogP contribution is -2.01. The maximum absolute atomic E-state index is 6.04. The van der Waals surface area contributed by atoms with Gasteiger partial charge in [0.05, 0.1) is 11.9 Å². The first-order chi connectivity index (χ1) is 14.5. The Morgan fingerprint density at radius 3 is 2.33 bits per heavy atom. The van der Waals surface area contributed by atoms with Crippen LogP contribution in [-0.2, 0) is 13.5 Å². The van der Waals surface area contributed by atoms with Crippen LogP contribution in [0, 0.1) is 0 Å². The Morgan fingerprint density at radius 1 is 1.00 bits per heavy atom. The highest BCUT2D eigenvalue weighted by Gasteiger charge is 2.17. The van der Waals surface area contributed by atoms with E-state index in [1.165, 1.54) is 0 Å². The van der Waals surface area contributed by atoms with Gasteiger partial charge in [-0.05, 0) is 48.4 Å². The van der Waals surface area contributed by atoms with E-state index in [4.69, 9.17) is 33.2 Å². The molecule has 0 amide bonds. The van der Waals surface area contributed by atoms with Gasteiger partial charge in [0.15, 0.2) is 11.6 Å². The Kier molecular flexibility index (Phi) is 5.97. The van der Waals surface area contributed by atoms with Crippen LogP contribution in [0.25, 0.3) is 22.4 Å². The molecule has 2 aromatic heterocycles. The molecule has 0 saturated carbocycles. The van der Waals surface area contributed by atoms with Crippen molar-refractivity contribution in [1.29, 1.82) is 0 Å². The molecular weight excluding hydrogens is 419 g/mol. The second-order valence-corrected chi connectivity index (χ2v) is 7.71. The second kappa shape index (κ2) is 8.81. The van der Waals surface area contributed by atoms with Crippen LogP contribution in [0.5, 0.6) is 0 Å². The maximum Gasteiger partial charge on any atom is 0.176 e. The van der Waals surface area contributed by atoms with Crippen LogP contribution >= 0.6 is 23.2 Å². The van der Waals surface area contributed by atoms with Gasteiger partial charge in [-0.1, -0.05) is 48.7 Å². The molecule has 0 atom stereocenters. The highest BCUT2D eigenvalue weighted by atomic mass is 35.5. The molecule has 0 saturated heterocycles. The molecule has 6 nitrogen and oxygen atoms in total. The number of hydrazone groups is 1. The van der Waals surface area contributed by atoms with Gasteiger partial charge < -0.3 is 0 Å². The average Bonchev–Trinajstić information content (AvgIpc) is 3.06. The molecule has 152 valence electrons. The predicted octanol–water partition coefficient (Wildman–Crippen LogP) is 5.74. The van der Waals surface area contributed by atoms with Crippen LogP contribution < -0.4 is 5.43 Å². The predicted molar refractivity (Wildman–Crippen MR) is 123 cm³/mol. The fourth-order valence-corrected chi connectivity index (χ4v) is 3.42. The van der Waals surface area contributed by atoms with Crippen molar-refractivity contribution in [3.05, 3.63) is 69.8 Å². The topological polar surface area (TPSA) is 68.0 Å². The fourth-order valence-electron chi connectivity index (χ4n) is 3.17. The molecule has 30 heavy (non-hydrogen) atoms. The first kappa shape index (κ1) is 20.3. The van der Waals surface area contributed by atoms with Gasteiger partial charge in [-0.15, -0.1) is 0 Å². The Labute approximate surface area is 184 Å². The molecule has 2 aromatic carbocycles. The molecule has 0 unspecified atom stereocenters. The molecule has 4 aromatic rings. The molecule has 0 bridgehead atoms. The van der Waals surface area contributed by atoms with E-state index in [1.807, 2.05) is 55.6 Å². The van der Waals surface area contributed by atoms with Gasteiger partial charge in [-0.2, -0.15) is 10.2 Å². The Balaban J connectivity index is 1.77. The molecule has 0 radical (unpaired) electrons. The molecule has 1 N–H and O–H groups in total. The lowest BCUT2D eigenvalue weighted by atomic mass is 10.2. The zero-order chi connectivity index (χ0) is 21.1. The summed E-state index contributed by atoms with van der Waals surface area (Å²) in [5, 5.41) is 10.4. The largest absolute Gasteiger partial charge is 0.262 e. The summed E-state index contributed by atoms with van der Waals surface area (Å²) >= 11 is 12.0. The Bertz CT molecular complexity index is 1200. The third-order valence-corrected chi connectivity index (χ3v) is 5.10. The Morgan fingerprint density at radius 2 is 1.67 bits per heavy atom. The van der Waals surface area contributed by atoms with Crippen LogP contribution in [-0.4, -0.2) is 26.0 Å². The Hall–Kier alpha value is -2.96. The normalized spacial score (nSPS) is 11.5. The van der Waals surface area contributed by atoms with Crippen molar-refractivity contribution in [2.45, 2.75) is 19.8 Å². The van der Waals surface area contributed by atoms with Crippen LogP contribution in [0.1, 0.15) is 24.6 Å². The standard InChI is InChI=1S/C22H20Cl2N6/c1-3-4-18-19-20(30(2)29-18)22(28-25-13-14-5-9-16(23)10-6-14)27-21(26-19)15-7-11-17(24)12-8-15/h5-13H,3-4H2,1-2H3,(H,26,27,28)/b25-13+. The van der Waals surface area contributed by atoms with E-state index in [1.54, 1.807) is 10.9 Å². The van der Waals surface area contributed by atoms with E-state index in [-0.39, 0.29) is 0 Å².